The van der Waals surface area contributed by atoms with Crippen LogP contribution in [0.25, 0.3) is 10.2 Å². The van der Waals surface area contributed by atoms with Crippen molar-refractivity contribution in [3.8, 4) is 0 Å². The molecular formula is C23H21ClN4O2S. The van der Waals surface area contributed by atoms with E-state index in [0.29, 0.717) is 27.8 Å². The van der Waals surface area contributed by atoms with Gasteiger partial charge in [0, 0.05) is 36.6 Å². The molecule has 4 rings (SSSR count). The molecule has 1 amide bonds. The minimum Gasteiger partial charge on any atom is -0.337 e. The van der Waals surface area contributed by atoms with Gasteiger partial charge in [-0.15, -0.1) is 0 Å². The number of thiazole rings is 1. The number of nitrogens with zero attached hydrogens (tertiary/aromatic N) is 4. The summed E-state index contributed by atoms with van der Waals surface area (Å²) in [6.07, 6.45) is 6.12. The predicted octanol–water partition coefficient (Wildman–Crippen LogP) is 5.39. The van der Waals surface area contributed by atoms with E-state index in [1.54, 1.807) is 41.7 Å². The number of carbonyl (C=O) groups is 2. The number of hydrogen-bond acceptors (Lipinski definition) is 5. The molecule has 0 N–H and O–H groups in total. The fourth-order valence-corrected chi connectivity index (χ4v) is 4.66. The van der Waals surface area contributed by atoms with Crippen LogP contribution in [-0.4, -0.2) is 32.8 Å². The molecule has 31 heavy (non-hydrogen) atoms. The van der Waals surface area contributed by atoms with Crippen molar-refractivity contribution in [2.24, 2.45) is 0 Å². The average Bonchev–Trinajstić information content (AvgIpc) is 3.44. The van der Waals surface area contributed by atoms with Crippen molar-refractivity contribution in [1.29, 1.82) is 0 Å². The van der Waals surface area contributed by atoms with Crippen LogP contribution in [0.15, 0.2) is 55.1 Å². The van der Waals surface area contributed by atoms with Gasteiger partial charge in [-0.3, -0.25) is 14.5 Å². The second kappa shape index (κ2) is 8.99. The van der Waals surface area contributed by atoms with Crippen LogP contribution in [0.3, 0.4) is 0 Å². The van der Waals surface area contributed by atoms with Crippen LogP contribution in [0, 0.1) is 6.92 Å². The molecule has 4 aromatic rings. The summed E-state index contributed by atoms with van der Waals surface area (Å²) in [6.45, 7) is 4.71. The predicted molar refractivity (Wildman–Crippen MR) is 124 cm³/mol. The third-order valence-corrected chi connectivity index (χ3v) is 6.60. The number of Topliss-reactive ketones (excluding diaryl/α,β-unsaturated/α-hetero) is 1. The number of carbonyl (C=O) groups excluding carboxylic acids is 2. The first-order valence-electron chi connectivity index (χ1n) is 9.88. The molecule has 0 fully saturated rings. The molecule has 0 bridgehead atoms. The zero-order valence-electron chi connectivity index (χ0n) is 17.2. The molecule has 8 heteroatoms. The van der Waals surface area contributed by atoms with Crippen molar-refractivity contribution in [3.63, 3.8) is 0 Å². The summed E-state index contributed by atoms with van der Waals surface area (Å²) < 4.78 is 2.85. The number of fused-ring (bicyclic) bond motifs is 1. The largest absolute Gasteiger partial charge is 0.337 e. The highest BCUT2D eigenvalue weighted by atomic mass is 35.5. The summed E-state index contributed by atoms with van der Waals surface area (Å²) >= 11 is 7.80. The van der Waals surface area contributed by atoms with E-state index in [9.17, 15) is 9.59 Å². The fourth-order valence-electron chi connectivity index (χ4n) is 3.32. The summed E-state index contributed by atoms with van der Waals surface area (Å²) in [5, 5.41) is 1.23. The number of benzene rings is 2. The zero-order valence-corrected chi connectivity index (χ0v) is 18.8. The number of imidazole rings is 1. The highest BCUT2D eigenvalue weighted by Crippen LogP contribution is 2.36. The standard InChI is InChI=1S/C23H21ClN4O2S/c1-15-4-9-19(24)21-20(15)26-23(31-21)28(12-3-11-27-13-10-25-14-27)22(30)18-7-5-17(6-8-18)16(2)29/h4-10,13-14H,3,11-12H2,1-2H3. The molecule has 2 aromatic heterocycles. The van der Waals surface area contributed by atoms with Gasteiger partial charge in [0.05, 0.1) is 21.6 Å². The molecule has 158 valence electrons. The minimum absolute atomic E-state index is 0.0347. The molecule has 6 nitrogen and oxygen atoms in total. The van der Waals surface area contributed by atoms with E-state index in [1.807, 2.05) is 29.8 Å². The quantitative estimate of drug-likeness (QED) is 0.352. The van der Waals surface area contributed by atoms with Crippen LogP contribution in [0.2, 0.25) is 5.02 Å². The highest BCUT2D eigenvalue weighted by molar-refractivity contribution is 7.23. The van der Waals surface area contributed by atoms with Crippen LogP contribution in [-0.2, 0) is 6.54 Å². The molecule has 0 radical (unpaired) electrons. The number of rotatable bonds is 7. The lowest BCUT2D eigenvalue weighted by molar-refractivity contribution is 0.0982. The molecule has 2 heterocycles. The molecule has 0 aliphatic carbocycles. The van der Waals surface area contributed by atoms with E-state index in [0.717, 1.165) is 28.7 Å². The first-order chi connectivity index (χ1) is 14.9. The Kier molecular flexibility index (Phi) is 6.15. The Bertz CT molecular complexity index is 1190. The van der Waals surface area contributed by atoms with Gasteiger partial charge in [-0.2, -0.15) is 0 Å². The van der Waals surface area contributed by atoms with Gasteiger partial charge in [0.1, 0.15) is 0 Å². The Morgan fingerprint density at radius 2 is 1.87 bits per heavy atom. The first kappa shape index (κ1) is 21.2. The van der Waals surface area contributed by atoms with E-state index in [-0.39, 0.29) is 11.7 Å². The summed E-state index contributed by atoms with van der Waals surface area (Å²) in [4.78, 5) is 35.5. The normalized spacial score (nSPS) is 11.1. The van der Waals surface area contributed by atoms with Crippen LogP contribution in [0.1, 0.15) is 39.6 Å². The van der Waals surface area contributed by atoms with E-state index in [2.05, 4.69) is 4.98 Å². The van der Waals surface area contributed by atoms with E-state index in [4.69, 9.17) is 16.6 Å². The van der Waals surface area contributed by atoms with Crippen molar-refractivity contribution in [2.45, 2.75) is 26.8 Å². The number of anilines is 1. The Morgan fingerprint density at radius 3 is 2.52 bits per heavy atom. The molecule has 0 saturated carbocycles. The number of amides is 1. The number of hydrogen-bond donors (Lipinski definition) is 0. The number of aryl methyl sites for hydroxylation is 2. The van der Waals surface area contributed by atoms with Crippen molar-refractivity contribution in [2.75, 3.05) is 11.4 Å². The van der Waals surface area contributed by atoms with Crippen molar-refractivity contribution in [1.82, 2.24) is 14.5 Å². The monoisotopic (exact) mass is 452 g/mol. The average molecular weight is 453 g/mol. The maximum absolute atomic E-state index is 13.4. The Morgan fingerprint density at radius 1 is 1.13 bits per heavy atom. The third-order valence-electron chi connectivity index (χ3n) is 5.06. The van der Waals surface area contributed by atoms with Gasteiger partial charge in [0.2, 0.25) is 0 Å². The Balaban J connectivity index is 1.66. The molecule has 2 aromatic carbocycles. The third kappa shape index (κ3) is 4.52. The van der Waals surface area contributed by atoms with Crippen LogP contribution in [0.4, 0.5) is 5.13 Å². The molecule has 0 saturated heterocycles. The number of aromatic nitrogens is 3. The van der Waals surface area contributed by atoms with E-state index >= 15 is 0 Å². The van der Waals surface area contributed by atoms with Crippen molar-refractivity contribution in [3.05, 3.63) is 76.8 Å². The highest BCUT2D eigenvalue weighted by Gasteiger charge is 2.22. The zero-order chi connectivity index (χ0) is 22.0. The summed E-state index contributed by atoms with van der Waals surface area (Å²) in [5.74, 6) is -0.193. The second-order valence-electron chi connectivity index (χ2n) is 7.28. The van der Waals surface area contributed by atoms with E-state index < -0.39 is 0 Å². The Labute approximate surface area is 189 Å². The van der Waals surface area contributed by atoms with E-state index in [1.165, 1.54) is 18.3 Å². The topological polar surface area (TPSA) is 68.1 Å². The first-order valence-corrected chi connectivity index (χ1v) is 11.1. The molecule has 0 atom stereocenters. The lowest BCUT2D eigenvalue weighted by Gasteiger charge is -2.20. The second-order valence-corrected chi connectivity index (χ2v) is 8.67. The van der Waals surface area contributed by atoms with Crippen LogP contribution < -0.4 is 4.90 Å². The van der Waals surface area contributed by atoms with Gasteiger partial charge < -0.3 is 4.57 Å². The van der Waals surface area contributed by atoms with Gasteiger partial charge >= 0.3 is 0 Å². The smallest absolute Gasteiger partial charge is 0.260 e. The molecule has 0 spiro atoms. The molecule has 0 aliphatic rings. The maximum atomic E-state index is 13.4. The maximum Gasteiger partial charge on any atom is 0.260 e. The lowest BCUT2D eigenvalue weighted by Crippen LogP contribution is -2.32. The fraction of sp³-hybridized carbons (Fsp3) is 0.217. The summed E-state index contributed by atoms with van der Waals surface area (Å²) in [6, 6.07) is 10.5. The van der Waals surface area contributed by atoms with Gasteiger partial charge in [0.15, 0.2) is 10.9 Å². The number of halogens is 1. The van der Waals surface area contributed by atoms with Crippen LogP contribution in [0.5, 0.6) is 0 Å². The minimum atomic E-state index is -0.159. The van der Waals surface area contributed by atoms with Crippen LogP contribution >= 0.6 is 22.9 Å². The van der Waals surface area contributed by atoms with Crippen molar-refractivity contribution >= 4 is 50.0 Å². The number of ketones is 1. The molecule has 0 unspecified atom stereocenters. The van der Waals surface area contributed by atoms with Gasteiger partial charge in [-0.25, -0.2) is 9.97 Å². The summed E-state index contributed by atoms with van der Waals surface area (Å²) in [5.41, 5.74) is 2.91. The molecule has 0 aliphatic heterocycles. The molecular weight excluding hydrogens is 432 g/mol. The van der Waals surface area contributed by atoms with Gasteiger partial charge in [-0.1, -0.05) is 41.1 Å². The lowest BCUT2D eigenvalue weighted by atomic mass is 10.1. The van der Waals surface area contributed by atoms with Crippen molar-refractivity contribution < 1.29 is 9.59 Å². The Hall–Kier alpha value is -3.03. The van der Waals surface area contributed by atoms with Gasteiger partial charge in [-0.05, 0) is 44.0 Å². The SMILES string of the molecule is CC(=O)c1ccc(C(=O)N(CCCn2ccnc2)c2nc3c(C)ccc(Cl)c3s2)cc1. The summed E-state index contributed by atoms with van der Waals surface area (Å²) in [7, 11) is 0. The van der Waals surface area contributed by atoms with Gasteiger partial charge in [0.25, 0.3) is 5.91 Å².